The number of anilines is 1. The van der Waals surface area contributed by atoms with Crippen LogP contribution >= 0.6 is 0 Å². The normalized spacial score (nSPS) is 17.3. The summed E-state index contributed by atoms with van der Waals surface area (Å²) in [4.78, 5) is 0. The van der Waals surface area contributed by atoms with Gasteiger partial charge >= 0.3 is 0 Å². The van der Waals surface area contributed by atoms with E-state index >= 15 is 0 Å². The lowest BCUT2D eigenvalue weighted by Crippen LogP contribution is -2.15. The SMILES string of the molecule is Nc1ccc(CNCC=CC2CCOCC2)cc1. The molecule has 1 aliphatic heterocycles. The second-order valence-electron chi connectivity index (χ2n) is 4.75. The van der Waals surface area contributed by atoms with E-state index in [4.69, 9.17) is 10.5 Å². The predicted octanol–water partition coefficient (Wildman–Crippen LogP) is 2.34. The number of nitrogens with two attached hydrogens (primary N) is 1. The van der Waals surface area contributed by atoms with Crippen molar-refractivity contribution < 1.29 is 4.74 Å². The van der Waals surface area contributed by atoms with Crippen LogP contribution in [-0.2, 0) is 11.3 Å². The molecule has 1 saturated heterocycles. The molecule has 0 bridgehead atoms. The van der Waals surface area contributed by atoms with Gasteiger partial charge < -0.3 is 15.8 Å². The zero-order valence-electron chi connectivity index (χ0n) is 10.8. The van der Waals surface area contributed by atoms with Crippen LogP contribution in [0.1, 0.15) is 18.4 Å². The molecule has 0 aromatic heterocycles. The van der Waals surface area contributed by atoms with E-state index in [0.717, 1.165) is 44.8 Å². The fourth-order valence-electron chi connectivity index (χ4n) is 2.10. The second-order valence-corrected chi connectivity index (χ2v) is 4.75. The van der Waals surface area contributed by atoms with Gasteiger partial charge in [-0.05, 0) is 36.5 Å². The Morgan fingerprint density at radius 2 is 1.94 bits per heavy atom. The molecule has 3 nitrogen and oxygen atoms in total. The van der Waals surface area contributed by atoms with Crippen LogP contribution in [0.15, 0.2) is 36.4 Å². The van der Waals surface area contributed by atoms with Crippen LogP contribution < -0.4 is 11.1 Å². The van der Waals surface area contributed by atoms with E-state index in [-0.39, 0.29) is 0 Å². The highest BCUT2D eigenvalue weighted by atomic mass is 16.5. The first-order valence-corrected chi connectivity index (χ1v) is 6.64. The number of nitrogens with one attached hydrogen (secondary N) is 1. The Morgan fingerprint density at radius 3 is 2.67 bits per heavy atom. The summed E-state index contributed by atoms with van der Waals surface area (Å²) in [6.45, 7) is 3.63. The quantitative estimate of drug-likeness (QED) is 0.476. The number of hydrogen-bond acceptors (Lipinski definition) is 3. The molecule has 98 valence electrons. The van der Waals surface area contributed by atoms with Crippen molar-refractivity contribution in [2.24, 2.45) is 5.92 Å². The van der Waals surface area contributed by atoms with E-state index in [9.17, 15) is 0 Å². The van der Waals surface area contributed by atoms with Crippen LogP contribution in [0.5, 0.6) is 0 Å². The zero-order valence-corrected chi connectivity index (χ0v) is 10.8. The Bertz CT molecular complexity index is 367. The van der Waals surface area contributed by atoms with Gasteiger partial charge in [0.1, 0.15) is 0 Å². The summed E-state index contributed by atoms with van der Waals surface area (Å²) in [5.41, 5.74) is 7.73. The molecule has 3 N–H and O–H groups in total. The van der Waals surface area contributed by atoms with Crippen molar-refractivity contribution in [3.63, 3.8) is 0 Å². The third kappa shape index (κ3) is 4.51. The molecule has 1 aliphatic rings. The highest BCUT2D eigenvalue weighted by molar-refractivity contribution is 5.39. The predicted molar refractivity (Wildman–Crippen MR) is 75.2 cm³/mol. The summed E-state index contributed by atoms with van der Waals surface area (Å²) in [5.74, 6) is 0.706. The smallest absolute Gasteiger partial charge is 0.0471 e. The average Bonchev–Trinajstić information content (AvgIpc) is 2.42. The van der Waals surface area contributed by atoms with Gasteiger partial charge in [0.15, 0.2) is 0 Å². The Hall–Kier alpha value is -1.32. The van der Waals surface area contributed by atoms with Crippen molar-refractivity contribution >= 4 is 5.69 Å². The Kier molecular flexibility index (Phi) is 5.24. The van der Waals surface area contributed by atoms with Crippen molar-refractivity contribution in [1.82, 2.24) is 5.32 Å². The van der Waals surface area contributed by atoms with Gasteiger partial charge in [0, 0.05) is 32.0 Å². The standard InChI is InChI=1S/C15H22N2O/c16-15-5-3-14(4-6-15)12-17-9-1-2-13-7-10-18-11-8-13/h1-6,13,17H,7-12,16H2. The van der Waals surface area contributed by atoms with Gasteiger partial charge in [-0.2, -0.15) is 0 Å². The highest BCUT2D eigenvalue weighted by Gasteiger charge is 2.09. The number of benzene rings is 1. The third-order valence-electron chi connectivity index (χ3n) is 3.25. The lowest BCUT2D eigenvalue weighted by molar-refractivity contribution is 0.0785. The Morgan fingerprint density at radius 1 is 1.22 bits per heavy atom. The van der Waals surface area contributed by atoms with E-state index in [1.54, 1.807) is 0 Å². The van der Waals surface area contributed by atoms with Gasteiger partial charge in [0.05, 0.1) is 0 Å². The lowest BCUT2D eigenvalue weighted by atomic mass is 10.00. The Labute approximate surface area is 109 Å². The fourth-order valence-corrected chi connectivity index (χ4v) is 2.10. The molecule has 0 spiro atoms. The highest BCUT2D eigenvalue weighted by Crippen LogP contribution is 2.15. The minimum absolute atomic E-state index is 0.706. The first kappa shape index (κ1) is 13.1. The molecule has 0 unspecified atom stereocenters. The molecule has 0 atom stereocenters. The maximum absolute atomic E-state index is 5.64. The van der Waals surface area contributed by atoms with E-state index in [1.165, 1.54) is 5.56 Å². The number of allylic oxidation sites excluding steroid dienone is 1. The summed E-state index contributed by atoms with van der Waals surface area (Å²) in [5, 5.41) is 3.40. The van der Waals surface area contributed by atoms with E-state index in [1.807, 2.05) is 12.1 Å². The third-order valence-corrected chi connectivity index (χ3v) is 3.25. The maximum Gasteiger partial charge on any atom is 0.0471 e. The van der Waals surface area contributed by atoms with Crippen LogP contribution in [0.3, 0.4) is 0 Å². The molecule has 0 saturated carbocycles. The lowest BCUT2D eigenvalue weighted by Gasteiger charge is -2.18. The van der Waals surface area contributed by atoms with Crippen LogP contribution in [-0.4, -0.2) is 19.8 Å². The summed E-state index contributed by atoms with van der Waals surface area (Å²) < 4.78 is 5.33. The molecule has 0 radical (unpaired) electrons. The van der Waals surface area contributed by atoms with Crippen LogP contribution in [0.2, 0.25) is 0 Å². The minimum Gasteiger partial charge on any atom is -0.399 e. The van der Waals surface area contributed by atoms with E-state index in [0.29, 0.717) is 5.92 Å². The molecule has 3 heteroatoms. The molecule has 18 heavy (non-hydrogen) atoms. The molecule has 1 heterocycles. The van der Waals surface area contributed by atoms with Crippen LogP contribution in [0.25, 0.3) is 0 Å². The van der Waals surface area contributed by atoms with Crippen LogP contribution in [0.4, 0.5) is 5.69 Å². The number of rotatable bonds is 5. The van der Waals surface area contributed by atoms with Crippen molar-refractivity contribution in [2.45, 2.75) is 19.4 Å². The van der Waals surface area contributed by atoms with Gasteiger partial charge in [-0.25, -0.2) is 0 Å². The van der Waals surface area contributed by atoms with Crippen molar-refractivity contribution in [3.8, 4) is 0 Å². The molecule has 0 aliphatic carbocycles. The minimum atomic E-state index is 0.706. The Balaban J connectivity index is 1.63. The fraction of sp³-hybridized carbons (Fsp3) is 0.467. The average molecular weight is 246 g/mol. The first-order chi connectivity index (χ1) is 8.84. The number of ether oxygens (including phenoxy) is 1. The van der Waals surface area contributed by atoms with E-state index in [2.05, 4.69) is 29.6 Å². The first-order valence-electron chi connectivity index (χ1n) is 6.64. The zero-order chi connectivity index (χ0) is 12.6. The second kappa shape index (κ2) is 7.19. The van der Waals surface area contributed by atoms with Gasteiger partial charge in [0.25, 0.3) is 0 Å². The van der Waals surface area contributed by atoms with Gasteiger partial charge in [0.2, 0.25) is 0 Å². The molecule has 1 aromatic rings. The molecular formula is C15H22N2O. The largest absolute Gasteiger partial charge is 0.399 e. The molecule has 2 rings (SSSR count). The van der Waals surface area contributed by atoms with Crippen molar-refractivity contribution in [1.29, 1.82) is 0 Å². The molecular weight excluding hydrogens is 224 g/mol. The summed E-state index contributed by atoms with van der Waals surface area (Å²) >= 11 is 0. The van der Waals surface area contributed by atoms with Crippen molar-refractivity contribution in [2.75, 3.05) is 25.5 Å². The molecule has 0 amide bonds. The van der Waals surface area contributed by atoms with Crippen molar-refractivity contribution in [3.05, 3.63) is 42.0 Å². The van der Waals surface area contributed by atoms with Crippen LogP contribution in [0, 0.1) is 5.92 Å². The van der Waals surface area contributed by atoms with Gasteiger partial charge in [-0.1, -0.05) is 24.3 Å². The topological polar surface area (TPSA) is 47.3 Å². The maximum atomic E-state index is 5.64. The van der Waals surface area contributed by atoms with E-state index < -0.39 is 0 Å². The molecule has 1 aromatic carbocycles. The summed E-state index contributed by atoms with van der Waals surface area (Å²) in [6.07, 6.45) is 6.87. The summed E-state index contributed by atoms with van der Waals surface area (Å²) in [6, 6.07) is 8.00. The van der Waals surface area contributed by atoms with Gasteiger partial charge in [-0.3, -0.25) is 0 Å². The van der Waals surface area contributed by atoms with Gasteiger partial charge in [-0.15, -0.1) is 0 Å². The number of hydrogen-bond donors (Lipinski definition) is 2. The number of nitrogen functional groups attached to an aromatic ring is 1. The summed E-state index contributed by atoms with van der Waals surface area (Å²) in [7, 11) is 0. The molecule has 1 fully saturated rings. The monoisotopic (exact) mass is 246 g/mol.